The largest absolute Gasteiger partial charge is 0.492 e. The molecule has 148 valence electrons. The van der Waals surface area contributed by atoms with Gasteiger partial charge in [-0.15, -0.1) is 11.3 Å². The first-order valence-corrected chi connectivity index (χ1v) is 9.54. The molecule has 6 nitrogen and oxygen atoms in total. The molecular formula is C19H13F3N4O2S. The Hall–Kier alpha value is -2.98. The van der Waals surface area contributed by atoms with Crippen molar-refractivity contribution in [3.8, 4) is 17.1 Å². The van der Waals surface area contributed by atoms with Crippen molar-refractivity contribution in [1.29, 1.82) is 0 Å². The maximum Gasteiger partial charge on any atom is 0.439 e. The van der Waals surface area contributed by atoms with Gasteiger partial charge in [-0.2, -0.15) is 23.3 Å². The van der Waals surface area contributed by atoms with Gasteiger partial charge >= 0.3 is 6.18 Å². The van der Waals surface area contributed by atoms with Gasteiger partial charge in [0, 0.05) is 17.1 Å². The molecule has 2 aliphatic rings. The zero-order valence-corrected chi connectivity index (χ0v) is 15.5. The van der Waals surface area contributed by atoms with Gasteiger partial charge in [0.05, 0.1) is 17.3 Å². The predicted molar refractivity (Wildman–Crippen MR) is 101 cm³/mol. The van der Waals surface area contributed by atoms with Crippen LogP contribution in [0.5, 0.6) is 5.75 Å². The van der Waals surface area contributed by atoms with Crippen LogP contribution in [0, 0.1) is 5.92 Å². The summed E-state index contributed by atoms with van der Waals surface area (Å²) in [4.78, 5) is 8.42. The van der Waals surface area contributed by atoms with Gasteiger partial charge in [-0.1, -0.05) is 18.2 Å². The second kappa shape index (κ2) is 6.26. The van der Waals surface area contributed by atoms with Crippen LogP contribution in [-0.2, 0) is 0 Å². The highest BCUT2D eigenvalue weighted by Gasteiger charge is 2.69. The maximum absolute atomic E-state index is 14.1. The summed E-state index contributed by atoms with van der Waals surface area (Å²) in [7, 11) is 0. The fourth-order valence-electron chi connectivity index (χ4n) is 3.51. The van der Waals surface area contributed by atoms with Crippen molar-refractivity contribution in [1.82, 2.24) is 9.97 Å². The summed E-state index contributed by atoms with van der Waals surface area (Å²) in [6.07, 6.45) is -3.42. The van der Waals surface area contributed by atoms with Crippen molar-refractivity contribution in [2.24, 2.45) is 11.0 Å². The summed E-state index contributed by atoms with van der Waals surface area (Å²) in [5.74, 6) is -0.971. The third-order valence-electron chi connectivity index (χ3n) is 4.93. The van der Waals surface area contributed by atoms with Gasteiger partial charge < -0.3 is 9.84 Å². The Balaban J connectivity index is 1.63. The van der Waals surface area contributed by atoms with Crippen molar-refractivity contribution in [2.75, 3.05) is 11.6 Å². The second-order valence-electron chi connectivity index (χ2n) is 6.61. The summed E-state index contributed by atoms with van der Waals surface area (Å²) in [6, 6.07) is 11.9. The number of para-hydroxylation sites is 1. The Labute approximate surface area is 166 Å². The molecule has 0 radical (unpaired) electrons. The van der Waals surface area contributed by atoms with Crippen molar-refractivity contribution >= 4 is 22.2 Å². The maximum atomic E-state index is 14.1. The normalized spacial score (nSPS) is 23.2. The van der Waals surface area contributed by atoms with E-state index in [1.807, 2.05) is 0 Å². The topological polar surface area (TPSA) is 70.8 Å². The molecular weight excluding hydrogens is 405 g/mol. The Morgan fingerprint density at radius 1 is 1.14 bits per heavy atom. The van der Waals surface area contributed by atoms with E-state index >= 15 is 0 Å². The van der Waals surface area contributed by atoms with Crippen LogP contribution in [0.3, 0.4) is 0 Å². The number of fused-ring (bicyclic) bond motifs is 3. The van der Waals surface area contributed by atoms with E-state index in [1.54, 1.807) is 54.0 Å². The quantitative estimate of drug-likeness (QED) is 0.688. The molecule has 1 aromatic carbocycles. The Bertz CT molecular complexity index is 1100. The highest BCUT2D eigenvalue weighted by Crippen LogP contribution is 2.50. The number of halogens is 3. The average molecular weight is 418 g/mol. The van der Waals surface area contributed by atoms with Gasteiger partial charge in [-0.3, -0.25) is 4.98 Å². The Morgan fingerprint density at radius 3 is 2.69 bits per heavy atom. The van der Waals surface area contributed by atoms with Crippen molar-refractivity contribution in [3.63, 3.8) is 0 Å². The van der Waals surface area contributed by atoms with Crippen LogP contribution in [0.4, 0.5) is 18.3 Å². The third-order valence-corrected chi connectivity index (χ3v) is 5.75. The molecule has 10 heteroatoms. The van der Waals surface area contributed by atoms with Crippen LogP contribution in [0.2, 0.25) is 0 Å². The van der Waals surface area contributed by atoms with Crippen LogP contribution < -0.4 is 9.75 Å². The summed E-state index contributed by atoms with van der Waals surface area (Å²) < 4.78 is 47.8. The molecule has 29 heavy (non-hydrogen) atoms. The number of hydrogen-bond acceptors (Lipinski definition) is 7. The first kappa shape index (κ1) is 18.1. The van der Waals surface area contributed by atoms with E-state index in [2.05, 4.69) is 15.1 Å². The van der Waals surface area contributed by atoms with Crippen molar-refractivity contribution in [2.45, 2.75) is 11.9 Å². The fraction of sp³-hybridized carbons (Fsp3) is 0.211. The minimum Gasteiger partial charge on any atom is -0.492 e. The van der Waals surface area contributed by atoms with Crippen LogP contribution >= 0.6 is 11.3 Å². The number of ether oxygens (including phenoxy) is 1. The lowest BCUT2D eigenvalue weighted by atomic mass is 9.86. The summed E-state index contributed by atoms with van der Waals surface area (Å²) in [6.45, 7) is -0.346. The highest BCUT2D eigenvalue weighted by molar-refractivity contribution is 7.14. The van der Waals surface area contributed by atoms with E-state index in [9.17, 15) is 18.3 Å². The molecule has 0 aliphatic carbocycles. The molecule has 2 aromatic heterocycles. The van der Waals surface area contributed by atoms with Gasteiger partial charge in [0.2, 0.25) is 5.13 Å². The number of pyridine rings is 1. The van der Waals surface area contributed by atoms with Crippen LogP contribution in [0.1, 0.15) is 5.56 Å². The number of alkyl halides is 3. The average Bonchev–Trinajstić information content (AvgIpc) is 3.32. The molecule has 2 atom stereocenters. The summed E-state index contributed by atoms with van der Waals surface area (Å²) >= 11 is 0.954. The van der Waals surface area contributed by atoms with Gasteiger partial charge in [0.1, 0.15) is 18.1 Å². The lowest BCUT2D eigenvalue weighted by Crippen LogP contribution is -2.61. The molecule has 0 unspecified atom stereocenters. The smallest absolute Gasteiger partial charge is 0.439 e. The van der Waals surface area contributed by atoms with E-state index in [-0.39, 0.29) is 17.5 Å². The van der Waals surface area contributed by atoms with E-state index in [4.69, 9.17) is 4.74 Å². The third kappa shape index (κ3) is 2.63. The second-order valence-corrected chi connectivity index (χ2v) is 7.45. The van der Waals surface area contributed by atoms with Crippen LogP contribution in [0.15, 0.2) is 59.1 Å². The minimum absolute atomic E-state index is 0.0788. The van der Waals surface area contributed by atoms with Gasteiger partial charge in [0.25, 0.3) is 5.72 Å². The highest BCUT2D eigenvalue weighted by atomic mass is 32.1. The molecule has 0 bridgehead atoms. The number of nitrogens with zero attached hydrogens (tertiary/aromatic N) is 4. The van der Waals surface area contributed by atoms with E-state index < -0.39 is 17.8 Å². The zero-order chi connectivity index (χ0) is 20.2. The first-order chi connectivity index (χ1) is 13.9. The Kier molecular flexibility index (Phi) is 3.90. The molecule has 2 aliphatic heterocycles. The molecule has 0 amide bonds. The van der Waals surface area contributed by atoms with Crippen LogP contribution in [-0.4, -0.2) is 39.3 Å². The number of hydrazone groups is 1. The molecule has 0 fully saturated rings. The summed E-state index contributed by atoms with van der Waals surface area (Å²) in [5, 5.41) is 17.1. The number of hydrogen-bond donors (Lipinski definition) is 1. The van der Waals surface area contributed by atoms with Gasteiger partial charge in [0.15, 0.2) is 0 Å². The Morgan fingerprint density at radius 2 is 1.93 bits per heavy atom. The number of benzene rings is 1. The standard InChI is InChI=1S/C19H13F3N4O2S/c20-19(21,22)18(27)12-9-28-15-7-2-1-5-11(15)16(12)25-26(18)17-24-14(10-29-17)13-6-3-4-8-23-13/h1-8,10,12,27H,9H2/t12-,18-/m1/s1. The molecule has 0 spiro atoms. The number of anilines is 1. The van der Waals surface area contributed by atoms with E-state index in [0.29, 0.717) is 27.7 Å². The van der Waals surface area contributed by atoms with E-state index in [0.717, 1.165) is 11.3 Å². The summed E-state index contributed by atoms with van der Waals surface area (Å²) in [5.41, 5.74) is -1.79. The number of aromatic nitrogens is 2. The minimum atomic E-state index is -4.99. The van der Waals surface area contributed by atoms with Gasteiger partial charge in [-0.25, -0.2) is 4.98 Å². The number of aliphatic hydroxyl groups is 1. The van der Waals surface area contributed by atoms with Gasteiger partial charge in [-0.05, 0) is 24.3 Å². The number of rotatable bonds is 2. The lowest BCUT2D eigenvalue weighted by molar-refractivity contribution is -0.270. The zero-order valence-electron chi connectivity index (χ0n) is 14.7. The molecule has 0 saturated heterocycles. The molecule has 1 N–H and O–H groups in total. The first-order valence-electron chi connectivity index (χ1n) is 8.66. The SMILES string of the molecule is O[C@@]1(C(F)(F)F)[C@@H]2COc3ccccc3C2=NN1c1nc(-c2ccccn2)cs1. The van der Waals surface area contributed by atoms with Crippen molar-refractivity contribution < 1.29 is 23.0 Å². The monoisotopic (exact) mass is 418 g/mol. The molecule has 3 aromatic rings. The fourth-order valence-corrected chi connectivity index (χ4v) is 4.33. The number of thiazole rings is 1. The molecule has 0 saturated carbocycles. The molecule has 5 rings (SSSR count). The van der Waals surface area contributed by atoms with Crippen LogP contribution in [0.25, 0.3) is 11.4 Å². The molecule has 4 heterocycles. The predicted octanol–water partition coefficient (Wildman–Crippen LogP) is 3.69. The van der Waals surface area contributed by atoms with E-state index in [1.165, 1.54) is 0 Å². The lowest BCUT2D eigenvalue weighted by Gasteiger charge is -2.38. The van der Waals surface area contributed by atoms with Crippen molar-refractivity contribution in [3.05, 3.63) is 59.6 Å².